The molecule has 6 nitrogen and oxygen atoms in total. The molecule has 0 unspecified atom stereocenters. The van der Waals surface area contributed by atoms with E-state index in [0.717, 1.165) is 38.2 Å². The average molecular weight is 277 g/mol. The zero-order valence-electron chi connectivity index (χ0n) is 11.3. The third kappa shape index (κ3) is 6.93. The summed E-state index contributed by atoms with van der Waals surface area (Å²) in [7, 11) is -3.08. The molecule has 0 spiro atoms. The molecule has 1 saturated heterocycles. The summed E-state index contributed by atoms with van der Waals surface area (Å²) in [5.41, 5.74) is 0.908. The standard InChI is InChI=1S/C11H23N3O3S/c1-10(2)12-17-9-8-14-6-4-11(5-7-14)13-18(3,15)16/h11,13H,4-9H2,1-3H3. The van der Waals surface area contributed by atoms with E-state index in [9.17, 15) is 8.42 Å². The number of sulfonamides is 1. The Kier molecular flexibility index (Phi) is 6.04. The van der Waals surface area contributed by atoms with Gasteiger partial charge in [-0.3, -0.25) is 4.90 Å². The van der Waals surface area contributed by atoms with E-state index in [-0.39, 0.29) is 6.04 Å². The minimum Gasteiger partial charge on any atom is -0.395 e. The lowest BCUT2D eigenvalue weighted by atomic mass is 10.1. The van der Waals surface area contributed by atoms with E-state index >= 15 is 0 Å². The fourth-order valence-corrected chi connectivity index (χ4v) is 2.76. The van der Waals surface area contributed by atoms with Crippen LogP contribution in [-0.2, 0) is 14.9 Å². The van der Waals surface area contributed by atoms with Gasteiger partial charge in [0.2, 0.25) is 10.0 Å². The number of nitrogens with one attached hydrogen (secondary N) is 1. The molecule has 0 radical (unpaired) electrons. The minimum atomic E-state index is -3.08. The first-order chi connectivity index (χ1) is 8.37. The Labute approximate surface area is 109 Å². The molecule has 7 heteroatoms. The molecule has 0 aromatic rings. The summed E-state index contributed by atoms with van der Waals surface area (Å²) >= 11 is 0. The van der Waals surface area contributed by atoms with Crippen LogP contribution in [0.4, 0.5) is 0 Å². The highest BCUT2D eigenvalue weighted by molar-refractivity contribution is 7.88. The molecule has 1 N–H and O–H groups in total. The topological polar surface area (TPSA) is 71.0 Å². The van der Waals surface area contributed by atoms with Crippen LogP contribution in [0.3, 0.4) is 0 Å². The van der Waals surface area contributed by atoms with Crippen LogP contribution in [0, 0.1) is 0 Å². The van der Waals surface area contributed by atoms with Gasteiger partial charge in [0.15, 0.2) is 0 Å². The Bertz CT molecular complexity index is 369. The van der Waals surface area contributed by atoms with Crippen molar-refractivity contribution in [3.8, 4) is 0 Å². The van der Waals surface area contributed by atoms with E-state index < -0.39 is 10.0 Å². The van der Waals surface area contributed by atoms with Crippen molar-refractivity contribution in [2.45, 2.75) is 32.7 Å². The second-order valence-corrected chi connectivity index (χ2v) is 6.66. The summed E-state index contributed by atoms with van der Waals surface area (Å²) < 4.78 is 24.8. The van der Waals surface area contributed by atoms with Gasteiger partial charge in [-0.1, -0.05) is 5.16 Å². The SMILES string of the molecule is CC(C)=NOCCN1CCC(NS(C)(=O)=O)CC1. The van der Waals surface area contributed by atoms with Gasteiger partial charge >= 0.3 is 0 Å². The van der Waals surface area contributed by atoms with E-state index in [1.165, 1.54) is 6.26 Å². The van der Waals surface area contributed by atoms with Crippen molar-refractivity contribution in [3.05, 3.63) is 0 Å². The fourth-order valence-electron chi connectivity index (χ4n) is 1.92. The molecular formula is C11H23N3O3S. The number of likely N-dealkylation sites (tertiary alicyclic amines) is 1. The molecule has 0 atom stereocenters. The molecule has 0 aliphatic carbocycles. The predicted molar refractivity (Wildman–Crippen MR) is 72.2 cm³/mol. The summed E-state index contributed by atoms with van der Waals surface area (Å²) in [4.78, 5) is 7.40. The van der Waals surface area contributed by atoms with E-state index in [0.29, 0.717) is 6.61 Å². The van der Waals surface area contributed by atoms with Crippen LogP contribution in [0.15, 0.2) is 5.16 Å². The normalized spacial score (nSPS) is 18.6. The van der Waals surface area contributed by atoms with E-state index in [1.54, 1.807) is 0 Å². The van der Waals surface area contributed by atoms with Crippen LogP contribution in [0.5, 0.6) is 0 Å². The van der Waals surface area contributed by atoms with Gasteiger partial charge in [0.25, 0.3) is 0 Å². The van der Waals surface area contributed by atoms with Crippen LogP contribution in [0.25, 0.3) is 0 Å². The van der Waals surface area contributed by atoms with Crippen molar-refractivity contribution in [2.75, 3.05) is 32.5 Å². The third-order valence-electron chi connectivity index (χ3n) is 2.71. The largest absolute Gasteiger partial charge is 0.395 e. The lowest BCUT2D eigenvalue weighted by Gasteiger charge is -2.31. The van der Waals surface area contributed by atoms with Crippen molar-refractivity contribution in [1.29, 1.82) is 0 Å². The number of nitrogens with zero attached hydrogens (tertiary/aromatic N) is 2. The van der Waals surface area contributed by atoms with Crippen LogP contribution >= 0.6 is 0 Å². The van der Waals surface area contributed by atoms with Crippen LogP contribution in [0.2, 0.25) is 0 Å². The van der Waals surface area contributed by atoms with Crippen molar-refractivity contribution >= 4 is 15.7 Å². The fraction of sp³-hybridized carbons (Fsp3) is 0.909. The molecule has 1 rings (SSSR count). The lowest BCUT2D eigenvalue weighted by molar-refractivity contribution is 0.0985. The molecule has 0 aromatic carbocycles. The third-order valence-corrected chi connectivity index (χ3v) is 3.48. The Morgan fingerprint density at radius 2 is 2.00 bits per heavy atom. The summed E-state index contributed by atoms with van der Waals surface area (Å²) in [6.07, 6.45) is 2.91. The summed E-state index contributed by atoms with van der Waals surface area (Å²) in [6, 6.07) is 0.0769. The minimum absolute atomic E-state index is 0.0769. The molecule has 106 valence electrons. The maximum Gasteiger partial charge on any atom is 0.208 e. The molecular weight excluding hydrogens is 254 g/mol. The lowest BCUT2D eigenvalue weighted by Crippen LogP contribution is -2.45. The van der Waals surface area contributed by atoms with Crippen molar-refractivity contribution < 1.29 is 13.3 Å². The first-order valence-corrected chi connectivity index (χ1v) is 8.09. The number of oxime groups is 1. The second kappa shape index (κ2) is 7.06. The molecule has 1 fully saturated rings. The van der Waals surface area contributed by atoms with E-state index in [2.05, 4.69) is 14.8 Å². The van der Waals surface area contributed by atoms with Crippen molar-refractivity contribution in [1.82, 2.24) is 9.62 Å². The van der Waals surface area contributed by atoms with Gasteiger partial charge in [-0.05, 0) is 39.8 Å². The first kappa shape index (κ1) is 15.4. The Morgan fingerprint density at radius 1 is 1.39 bits per heavy atom. The Morgan fingerprint density at radius 3 is 2.50 bits per heavy atom. The number of hydrogen-bond donors (Lipinski definition) is 1. The van der Waals surface area contributed by atoms with E-state index in [1.807, 2.05) is 13.8 Å². The Balaban J connectivity index is 2.17. The van der Waals surface area contributed by atoms with E-state index in [4.69, 9.17) is 4.84 Å². The zero-order chi connectivity index (χ0) is 13.6. The quantitative estimate of drug-likeness (QED) is 0.434. The highest BCUT2D eigenvalue weighted by atomic mass is 32.2. The van der Waals surface area contributed by atoms with Crippen LogP contribution < -0.4 is 4.72 Å². The predicted octanol–water partition coefficient (Wildman–Crippen LogP) is 0.412. The molecule has 0 amide bonds. The summed E-state index contributed by atoms with van der Waals surface area (Å²) in [5.74, 6) is 0. The smallest absolute Gasteiger partial charge is 0.208 e. The number of hydrogen-bond acceptors (Lipinski definition) is 5. The van der Waals surface area contributed by atoms with Gasteiger partial charge in [0.1, 0.15) is 6.61 Å². The summed E-state index contributed by atoms with van der Waals surface area (Å²) in [6.45, 7) is 6.99. The van der Waals surface area contributed by atoms with Crippen LogP contribution in [-0.4, -0.2) is 57.6 Å². The van der Waals surface area contributed by atoms with Gasteiger partial charge in [0, 0.05) is 12.6 Å². The summed E-state index contributed by atoms with van der Waals surface area (Å²) in [5, 5.41) is 3.87. The number of rotatable bonds is 6. The molecule has 1 aliphatic heterocycles. The molecule has 18 heavy (non-hydrogen) atoms. The molecule has 1 heterocycles. The first-order valence-electron chi connectivity index (χ1n) is 6.19. The van der Waals surface area contributed by atoms with Gasteiger partial charge in [-0.2, -0.15) is 0 Å². The molecule has 0 saturated carbocycles. The maximum atomic E-state index is 11.1. The molecule has 0 aromatic heterocycles. The second-order valence-electron chi connectivity index (χ2n) is 4.88. The van der Waals surface area contributed by atoms with Crippen LogP contribution in [0.1, 0.15) is 26.7 Å². The monoisotopic (exact) mass is 277 g/mol. The molecule has 1 aliphatic rings. The highest BCUT2D eigenvalue weighted by Gasteiger charge is 2.21. The molecule has 0 bridgehead atoms. The highest BCUT2D eigenvalue weighted by Crippen LogP contribution is 2.10. The average Bonchev–Trinajstić information content (AvgIpc) is 2.24. The maximum absolute atomic E-state index is 11.1. The van der Waals surface area contributed by atoms with Gasteiger partial charge in [-0.15, -0.1) is 0 Å². The Hall–Kier alpha value is -0.660. The van der Waals surface area contributed by atoms with Gasteiger partial charge < -0.3 is 4.84 Å². The van der Waals surface area contributed by atoms with Crippen molar-refractivity contribution in [2.24, 2.45) is 5.16 Å². The van der Waals surface area contributed by atoms with Gasteiger partial charge in [-0.25, -0.2) is 13.1 Å². The van der Waals surface area contributed by atoms with Crippen molar-refractivity contribution in [3.63, 3.8) is 0 Å². The number of piperidine rings is 1. The zero-order valence-corrected chi connectivity index (χ0v) is 12.2. The van der Waals surface area contributed by atoms with Gasteiger partial charge in [0.05, 0.1) is 12.0 Å².